The first kappa shape index (κ1) is 18.4. The van der Waals surface area contributed by atoms with E-state index in [1.165, 1.54) is 11.1 Å². The zero-order chi connectivity index (χ0) is 18.1. The number of fused-ring (bicyclic) bond motifs is 1. The summed E-state index contributed by atoms with van der Waals surface area (Å²) in [5.41, 5.74) is 3.01. The first-order valence-electron chi connectivity index (χ1n) is 9.26. The van der Waals surface area contributed by atoms with Gasteiger partial charge in [0.05, 0.1) is 16.8 Å². The molecule has 1 aliphatic heterocycles. The molecule has 1 aromatic heterocycles. The van der Waals surface area contributed by atoms with Crippen molar-refractivity contribution in [3.63, 3.8) is 0 Å². The number of benzene rings is 1. The van der Waals surface area contributed by atoms with E-state index in [0.29, 0.717) is 0 Å². The van der Waals surface area contributed by atoms with Crippen molar-refractivity contribution in [2.45, 2.75) is 45.3 Å². The first-order valence-corrected chi connectivity index (χ1v) is 10.5. The van der Waals surface area contributed by atoms with Gasteiger partial charge >= 0.3 is 0 Å². The summed E-state index contributed by atoms with van der Waals surface area (Å²) in [5.74, 6) is 0. The van der Waals surface area contributed by atoms with Crippen LogP contribution in [-0.2, 0) is 10.0 Å². The molecule has 1 N–H and O–H groups in total. The van der Waals surface area contributed by atoms with Crippen LogP contribution in [-0.4, -0.2) is 40.9 Å². The van der Waals surface area contributed by atoms with Gasteiger partial charge in [0, 0.05) is 37.3 Å². The van der Waals surface area contributed by atoms with Crippen molar-refractivity contribution in [2.75, 3.05) is 31.1 Å². The molecule has 0 amide bonds. The van der Waals surface area contributed by atoms with E-state index in [4.69, 9.17) is 9.41 Å². The van der Waals surface area contributed by atoms with Crippen LogP contribution < -0.4 is 10.2 Å². The van der Waals surface area contributed by atoms with Crippen LogP contribution in [0.15, 0.2) is 30.3 Å². The fourth-order valence-electron chi connectivity index (χ4n) is 3.03. The van der Waals surface area contributed by atoms with Gasteiger partial charge in [-0.1, -0.05) is 32.9 Å². The first-order chi connectivity index (χ1) is 11.7. The third kappa shape index (κ3) is 4.60. The van der Waals surface area contributed by atoms with E-state index in [9.17, 15) is 0 Å². The second-order valence-electron chi connectivity index (χ2n) is 8.67. The van der Waals surface area contributed by atoms with Gasteiger partial charge in [-0.25, -0.2) is 4.98 Å². The van der Waals surface area contributed by atoms with Gasteiger partial charge in [-0.15, -0.1) is 0 Å². The molecule has 2 aromatic rings. The van der Waals surface area contributed by atoms with Crippen LogP contribution in [0.4, 0.5) is 5.69 Å². The number of pyridine rings is 1. The smallest absolute Gasteiger partial charge is 0.168 e. The summed E-state index contributed by atoms with van der Waals surface area (Å²) in [6, 6.07) is 10.9. The largest absolute Gasteiger partial charge is 0.413 e. The summed E-state index contributed by atoms with van der Waals surface area (Å²) in [6.45, 7) is 15.2. The van der Waals surface area contributed by atoms with E-state index >= 15 is 0 Å². The molecule has 0 atom stereocenters. The lowest BCUT2D eigenvalue weighted by Gasteiger charge is -2.30. The molecule has 1 saturated heterocycles. The van der Waals surface area contributed by atoms with Crippen LogP contribution in [0.1, 0.15) is 40.3 Å². The Hall–Kier alpha value is -1.43. The maximum Gasteiger partial charge on any atom is 0.168 e. The van der Waals surface area contributed by atoms with Crippen LogP contribution >= 0.6 is 0 Å². The molecule has 4 nitrogen and oxygen atoms in total. The number of hydrogen-bond donors (Lipinski definition) is 1. The van der Waals surface area contributed by atoms with E-state index in [2.05, 4.69) is 75.2 Å². The fourth-order valence-corrected chi connectivity index (χ4v) is 3.97. The van der Waals surface area contributed by atoms with Crippen molar-refractivity contribution in [3.05, 3.63) is 36.0 Å². The maximum atomic E-state index is 6.33. The van der Waals surface area contributed by atoms with Crippen molar-refractivity contribution >= 4 is 26.4 Å². The highest BCUT2D eigenvalue weighted by atomic mass is 28.2. The number of rotatable bonds is 4. The minimum atomic E-state index is -0.629. The number of nitrogens with one attached hydrogen (secondary N) is 1. The Balaban J connectivity index is 1.87. The molecule has 0 unspecified atom stereocenters. The Kier molecular flexibility index (Phi) is 5.18. The van der Waals surface area contributed by atoms with Gasteiger partial charge in [0.25, 0.3) is 0 Å². The Labute approximate surface area is 153 Å². The Morgan fingerprint density at radius 1 is 1.04 bits per heavy atom. The number of piperazine rings is 1. The molecule has 0 spiro atoms. The zero-order valence-electron chi connectivity index (χ0n) is 16.2. The van der Waals surface area contributed by atoms with Crippen molar-refractivity contribution < 1.29 is 4.43 Å². The summed E-state index contributed by atoms with van der Waals surface area (Å²) in [4.78, 5) is 7.39. The molecule has 0 radical (unpaired) electrons. The molecule has 3 rings (SSSR count). The minimum Gasteiger partial charge on any atom is -0.413 e. The molecule has 0 saturated carbocycles. The van der Waals surface area contributed by atoms with Gasteiger partial charge in [-0.3, -0.25) is 0 Å². The van der Waals surface area contributed by atoms with Crippen LogP contribution in [0.3, 0.4) is 0 Å². The van der Waals surface area contributed by atoms with Crippen molar-refractivity contribution in [1.29, 1.82) is 0 Å². The third-order valence-corrected chi connectivity index (χ3v) is 6.37. The standard InChI is InChI=1S/C20H31N3OSi/c1-19(2,3)25-24-20(4,5)18-9-7-15-6-8-16(14-17(15)22-18)23-12-10-21-11-13-23/h6-9,14,21H,10-13,25H2,1-5H3. The summed E-state index contributed by atoms with van der Waals surface area (Å²) in [6.07, 6.45) is 0. The maximum absolute atomic E-state index is 6.33. The predicted octanol–water partition coefficient (Wildman–Crippen LogP) is 3.20. The van der Waals surface area contributed by atoms with Gasteiger partial charge in [-0.05, 0) is 37.1 Å². The summed E-state index contributed by atoms with van der Waals surface area (Å²) < 4.78 is 6.33. The van der Waals surface area contributed by atoms with E-state index in [1.807, 2.05) is 0 Å². The Bertz CT molecular complexity index is 733. The number of nitrogens with zero attached hydrogens (tertiary/aromatic N) is 2. The van der Waals surface area contributed by atoms with Gasteiger partial charge in [-0.2, -0.15) is 0 Å². The summed E-state index contributed by atoms with van der Waals surface area (Å²) in [5, 5.41) is 4.87. The molecule has 0 bridgehead atoms. The van der Waals surface area contributed by atoms with Crippen LogP contribution in [0.2, 0.25) is 5.04 Å². The van der Waals surface area contributed by atoms with Gasteiger partial charge in [0.2, 0.25) is 0 Å². The Morgan fingerprint density at radius 3 is 2.40 bits per heavy atom. The van der Waals surface area contributed by atoms with Crippen molar-refractivity contribution in [3.8, 4) is 0 Å². The zero-order valence-corrected chi connectivity index (χ0v) is 17.6. The molecular weight excluding hydrogens is 326 g/mol. The molecule has 136 valence electrons. The van der Waals surface area contributed by atoms with E-state index in [-0.39, 0.29) is 10.6 Å². The van der Waals surface area contributed by atoms with Gasteiger partial charge < -0.3 is 14.6 Å². The van der Waals surface area contributed by atoms with Crippen LogP contribution in [0, 0.1) is 0 Å². The van der Waals surface area contributed by atoms with Crippen molar-refractivity contribution in [1.82, 2.24) is 10.3 Å². The lowest BCUT2D eigenvalue weighted by atomic mass is 10.0. The molecule has 25 heavy (non-hydrogen) atoms. The molecular formula is C20H31N3OSi. The average molecular weight is 358 g/mol. The molecule has 0 aliphatic carbocycles. The number of aromatic nitrogens is 1. The van der Waals surface area contributed by atoms with E-state index in [0.717, 1.165) is 37.4 Å². The van der Waals surface area contributed by atoms with Crippen LogP contribution in [0.5, 0.6) is 0 Å². The van der Waals surface area contributed by atoms with E-state index < -0.39 is 9.76 Å². The quantitative estimate of drug-likeness (QED) is 0.853. The lowest BCUT2D eigenvalue weighted by Crippen LogP contribution is -2.43. The van der Waals surface area contributed by atoms with Crippen molar-refractivity contribution in [2.24, 2.45) is 0 Å². The average Bonchev–Trinajstić information content (AvgIpc) is 2.59. The molecule has 1 fully saturated rings. The third-order valence-electron chi connectivity index (χ3n) is 4.64. The predicted molar refractivity (Wildman–Crippen MR) is 109 cm³/mol. The van der Waals surface area contributed by atoms with Crippen LogP contribution in [0.25, 0.3) is 10.9 Å². The molecule has 2 heterocycles. The lowest BCUT2D eigenvalue weighted by molar-refractivity contribution is 0.105. The summed E-state index contributed by atoms with van der Waals surface area (Å²) in [7, 11) is -0.629. The highest BCUT2D eigenvalue weighted by molar-refractivity contribution is 6.31. The minimum absolute atomic E-state index is 0.281. The highest BCUT2D eigenvalue weighted by Crippen LogP contribution is 2.30. The topological polar surface area (TPSA) is 37.4 Å². The SMILES string of the molecule is CC(C)(C)[SiH2]OC(C)(C)c1ccc2ccc(N3CCNCC3)cc2n1. The normalized spacial score (nSPS) is 16.9. The second-order valence-corrected chi connectivity index (χ2v) is 11.4. The van der Waals surface area contributed by atoms with E-state index in [1.54, 1.807) is 0 Å². The molecule has 1 aliphatic rings. The number of hydrogen-bond acceptors (Lipinski definition) is 4. The molecule has 1 aromatic carbocycles. The fraction of sp³-hybridized carbons (Fsp3) is 0.550. The molecule has 5 heteroatoms. The summed E-state index contributed by atoms with van der Waals surface area (Å²) >= 11 is 0. The highest BCUT2D eigenvalue weighted by Gasteiger charge is 2.26. The van der Waals surface area contributed by atoms with Gasteiger partial charge in [0.1, 0.15) is 0 Å². The Morgan fingerprint density at radius 2 is 1.72 bits per heavy atom. The second kappa shape index (κ2) is 7.06. The monoisotopic (exact) mass is 357 g/mol. The number of anilines is 1. The van der Waals surface area contributed by atoms with Gasteiger partial charge in [0.15, 0.2) is 9.76 Å².